The largest absolute Gasteiger partial charge is 4.00 e. The van der Waals surface area contributed by atoms with Crippen molar-refractivity contribution in [1.82, 2.24) is 0 Å². The van der Waals surface area contributed by atoms with Gasteiger partial charge in [-0.1, -0.05) is 80.1 Å². The first kappa shape index (κ1) is 27.0. The fourth-order valence-corrected chi connectivity index (χ4v) is 3.90. The SMILES string of the molecule is C[C-]1C(CC[N-]C(C)(C)C)C(C)C(C)C1CC[N-]C(C)(C)C.[CH3-].[Zr+4]. The summed E-state index contributed by atoms with van der Waals surface area (Å²) in [5.41, 5.74) is 0.207. The van der Waals surface area contributed by atoms with E-state index in [4.69, 9.17) is 10.6 Å². The fourth-order valence-electron chi connectivity index (χ4n) is 3.90. The van der Waals surface area contributed by atoms with Crippen LogP contribution in [0.25, 0.3) is 10.6 Å². The van der Waals surface area contributed by atoms with Crippen LogP contribution in [0.1, 0.15) is 75.2 Å². The summed E-state index contributed by atoms with van der Waals surface area (Å²) in [5.74, 6) is 4.79. The van der Waals surface area contributed by atoms with E-state index in [0.717, 1.165) is 36.8 Å². The molecule has 0 amide bonds. The van der Waals surface area contributed by atoms with Crippen molar-refractivity contribution in [2.45, 2.75) is 86.2 Å². The van der Waals surface area contributed by atoms with E-state index >= 15 is 0 Å². The van der Waals surface area contributed by atoms with Crippen LogP contribution in [-0.4, -0.2) is 24.2 Å². The predicted octanol–water partition coefficient (Wildman–Crippen LogP) is 6.67. The Hall–Kier alpha value is 0.803. The van der Waals surface area contributed by atoms with Gasteiger partial charge in [0.1, 0.15) is 0 Å². The molecule has 1 fully saturated rings. The van der Waals surface area contributed by atoms with Gasteiger partial charge in [0.05, 0.1) is 0 Å². The quantitative estimate of drug-likeness (QED) is 0.435. The Bertz CT molecular complexity index is 298. The Morgan fingerprint density at radius 2 is 1.04 bits per heavy atom. The minimum atomic E-state index is 0. The summed E-state index contributed by atoms with van der Waals surface area (Å²) in [6.45, 7) is 22.5. The van der Waals surface area contributed by atoms with E-state index in [0.29, 0.717) is 0 Å². The molecule has 4 atom stereocenters. The average molecular weight is 414 g/mol. The maximum atomic E-state index is 4.80. The molecule has 24 heavy (non-hydrogen) atoms. The van der Waals surface area contributed by atoms with E-state index in [1.807, 2.05) is 0 Å². The first-order chi connectivity index (χ1) is 9.92. The van der Waals surface area contributed by atoms with Crippen molar-refractivity contribution in [2.24, 2.45) is 23.7 Å². The van der Waals surface area contributed by atoms with E-state index in [1.54, 1.807) is 5.92 Å². The van der Waals surface area contributed by atoms with Crippen LogP contribution in [0.4, 0.5) is 0 Å². The molecule has 0 aromatic heterocycles. The van der Waals surface area contributed by atoms with Crippen molar-refractivity contribution in [3.8, 4) is 0 Å². The Kier molecular flexibility index (Phi) is 12.2. The van der Waals surface area contributed by atoms with Gasteiger partial charge in [-0.25, -0.2) is 0 Å². The molecule has 1 aliphatic carbocycles. The van der Waals surface area contributed by atoms with Crippen LogP contribution in [0.15, 0.2) is 0 Å². The molecule has 0 heterocycles. The predicted molar refractivity (Wildman–Crippen MR) is 106 cm³/mol. The minimum absolute atomic E-state index is 0. The first-order valence-corrected chi connectivity index (χ1v) is 9.13. The summed E-state index contributed by atoms with van der Waals surface area (Å²) in [5, 5.41) is 9.60. The molecule has 0 bridgehead atoms. The molecular weight excluding hydrogens is 371 g/mol. The van der Waals surface area contributed by atoms with Crippen molar-refractivity contribution in [3.05, 3.63) is 24.0 Å². The Morgan fingerprint density at radius 1 is 0.750 bits per heavy atom. The molecule has 2 nitrogen and oxygen atoms in total. The Labute approximate surface area is 172 Å². The van der Waals surface area contributed by atoms with Gasteiger partial charge in [-0.15, -0.1) is 11.1 Å². The summed E-state index contributed by atoms with van der Waals surface area (Å²) in [6, 6.07) is 0. The average Bonchev–Trinajstić information content (AvgIpc) is 2.52. The molecule has 0 saturated heterocycles. The van der Waals surface area contributed by atoms with E-state index in [1.165, 1.54) is 12.8 Å². The molecule has 4 unspecified atom stereocenters. The standard InChI is InChI=1S/C20H39N2.CH3.Zr/c1-14-15(2)18(11-13-22-20(7,8)9)16(3)17(14)10-12-21-19(4,5)6;;/h14-15,17-18H,10-13H2,1-9H3;1H3;/q-3;-1;+4. The molecule has 3 heteroatoms. The topological polar surface area (TPSA) is 28.2 Å². The van der Waals surface area contributed by atoms with Crippen LogP contribution in [-0.2, 0) is 26.2 Å². The van der Waals surface area contributed by atoms with Crippen LogP contribution in [0.2, 0.25) is 0 Å². The van der Waals surface area contributed by atoms with Gasteiger partial charge >= 0.3 is 26.2 Å². The van der Waals surface area contributed by atoms with Crippen molar-refractivity contribution in [3.63, 3.8) is 0 Å². The monoisotopic (exact) mass is 412 g/mol. The number of nitrogens with zero attached hydrogens (tertiary/aromatic N) is 2. The summed E-state index contributed by atoms with van der Waals surface area (Å²) >= 11 is 0. The Morgan fingerprint density at radius 3 is 1.29 bits per heavy atom. The summed E-state index contributed by atoms with van der Waals surface area (Å²) < 4.78 is 0. The maximum absolute atomic E-state index is 4.80. The van der Waals surface area contributed by atoms with Gasteiger partial charge in [0.2, 0.25) is 0 Å². The van der Waals surface area contributed by atoms with Gasteiger partial charge in [0.15, 0.2) is 0 Å². The van der Waals surface area contributed by atoms with Gasteiger partial charge in [-0.2, -0.15) is 31.8 Å². The molecule has 0 radical (unpaired) electrons. The molecule has 1 rings (SSSR count). The van der Waals surface area contributed by atoms with E-state index < -0.39 is 0 Å². The van der Waals surface area contributed by atoms with Gasteiger partial charge in [-0.05, 0) is 0 Å². The zero-order valence-electron chi connectivity index (χ0n) is 18.0. The molecule has 0 aromatic carbocycles. The van der Waals surface area contributed by atoms with E-state index in [-0.39, 0.29) is 44.7 Å². The van der Waals surface area contributed by atoms with Gasteiger partial charge in [-0.3, -0.25) is 0 Å². The second-order valence-corrected chi connectivity index (χ2v) is 9.36. The number of hydrogen-bond acceptors (Lipinski definition) is 0. The van der Waals surface area contributed by atoms with Gasteiger partial charge < -0.3 is 24.0 Å². The van der Waals surface area contributed by atoms with Crippen molar-refractivity contribution >= 4 is 0 Å². The zero-order valence-corrected chi connectivity index (χ0v) is 20.5. The van der Waals surface area contributed by atoms with Gasteiger partial charge in [0, 0.05) is 0 Å². The maximum Gasteiger partial charge on any atom is 4.00 e. The number of rotatable bonds is 6. The molecule has 1 aliphatic rings. The third kappa shape index (κ3) is 8.95. The van der Waals surface area contributed by atoms with Crippen LogP contribution in [0.5, 0.6) is 0 Å². The third-order valence-corrected chi connectivity index (χ3v) is 5.32. The van der Waals surface area contributed by atoms with Crippen LogP contribution in [0.3, 0.4) is 0 Å². The minimum Gasteiger partial charge on any atom is -0.657 e. The fraction of sp³-hybridized carbons (Fsp3) is 0.905. The second-order valence-electron chi connectivity index (χ2n) is 9.36. The van der Waals surface area contributed by atoms with Crippen molar-refractivity contribution < 1.29 is 26.2 Å². The van der Waals surface area contributed by atoms with Crippen molar-refractivity contribution in [1.29, 1.82) is 0 Å². The normalized spacial score (nSPS) is 28.4. The summed E-state index contributed by atoms with van der Waals surface area (Å²) in [7, 11) is 0. The molecule has 0 spiro atoms. The summed E-state index contributed by atoms with van der Waals surface area (Å²) in [4.78, 5) is 0. The molecule has 0 aromatic rings. The smallest absolute Gasteiger partial charge is 0.657 e. The second kappa shape index (κ2) is 10.8. The van der Waals surface area contributed by atoms with Crippen LogP contribution < -0.4 is 0 Å². The Balaban J connectivity index is 0. The van der Waals surface area contributed by atoms with Crippen LogP contribution >= 0.6 is 0 Å². The van der Waals surface area contributed by atoms with E-state index in [2.05, 4.69) is 62.3 Å². The molecule has 140 valence electrons. The van der Waals surface area contributed by atoms with E-state index in [9.17, 15) is 0 Å². The third-order valence-electron chi connectivity index (χ3n) is 5.32. The van der Waals surface area contributed by atoms with Gasteiger partial charge in [0.25, 0.3) is 0 Å². The molecule has 0 N–H and O–H groups in total. The molecular formula is C21H42N2Zr. The molecule has 1 saturated carbocycles. The summed E-state index contributed by atoms with van der Waals surface area (Å²) in [6.07, 6.45) is 2.45. The first-order valence-electron chi connectivity index (χ1n) is 9.13. The zero-order chi connectivity index (χ0) is 17.1. The van der Waals surface area contributed by atoms with Crippen LogP contribution in [0, 0.1) is 37.0 Å². The molecule has 0 aliphatic heterocycles. The van der Waals surface area contributed by atoms with Crippen molar-refractivity contribution in [2.75, 3.05) is 13.1 Å². The number of hydrogen-bond donors (Lipinski definition) is 0.